The van der Waals surface area contributed by atoms with E-state index in [1.165, 1.54) is 0 Å². The number of hydrogen-bond acceptors (Lipinski definition) is 5. The highest BCUT2D eigenvalue weighted by Crippen LogP contribution is 2.24. The number of nitrogen functional groups attached to an aromatic ring is 1. The first kappa shape index (κ1) is 18.1. The molecule has 0 atom stereocenters. The van der Waals surface area contributed by atoms with Crippen LogP contribution in [-0.2, 0) is 19.5 Å². The van der Waals surface area contributed by atoms with E-state index in [0.29, 0.717) is 30.4 Å². The molecule has 0 saturated heterocycles. The van der Waals surface area contributed by atoms with Crippen LogP contribution in [0.2, 0.25) is 0 Å². The zero-order valence-corrected chi connectivity index (χ0v) is 16.1. The Hall–Kier alpha value is -3.28. The molecule has 0 saturated carbocycles. The summed E-state index contributed by atoms with van der Waals surface area (Å²) in [6.07, 6.45) is 4.45. The first-order valence-electron chi connectivity index (χ1n) is 9.44. The highest BCUT2D eigenvalue weighted by atomic mass is 16.2. The molecule has 0 spiro atoms. The van der Waals surface area contributed by atoms with Gasteiger partial charge in [0, 0.05) is 42.0 Å². The maximum absolute atomic E-state index is 12.9. The summed E-state index contributed by atoms with van der Waals surface area (Å²) in [4.78, 5) is 28.0. The van der Waals surface area contributed by atoms with Crippen molar-refractivity contribution in [1.82, 2.24) is 19.9 Å². The number of benzene rings is 1. The van der Waals surface area contributed by atoms with Crippen molar-refractivity contribution < 1.29 is 4.79 Å². The molecule has 1 aliphatic rings. The van der Waals surface area contributed by atoms with E-state index >= 15 is 0 Å². The molecular formula is C22H23N5O. The minimum atomic E-state index is 0.00499. The van der Waals surface area contributed by atoms with Crippen molar-refractivity contribution in [2.24, 2.45) is 5.92 Å². The Balaban J connectivity index is 1.48. The lowest BCUT2D eigenvalue weighted by molar-refractivity contribution is 0.0750. The SMILES string of the molecule is CC(C)Cc1ncc2c(n1)CN(C(=O)c1ccc(-c3ccc(N)nc3)cc1)C2. The molecular weight excluding hydrogens is 350 g/mol. The number of amides is 1. The quantitative estimate of drug-likeness (QED) is 0.757. The van der Waals surface area contributed by atoms with Gasteiger partial charge >= 0.3 is 0 Å². The van der Waals surface area contributed by atoms with E-state index in [-0.39, 0.29) is 5.91 Å². The van der Waals surface area contributed by atoms with Gasteiger partial charge in [-0.2, -0.15) is 0 Å². The number of nitrogens with two attached hydrogens (primary N) is 1. The fraction of sp³-hybridized carbons (Fsp3) is 0.273. The van der Waals surface area contributed by atoms with Gasteiger partial charge in [0.15, 0.2) is 0 Å². The Morgan fingerprint density at radius 3 is 2.46 bits per heavy atom. The first-order chi connectivity index (χ1) is 13.5. The lowest BCUT2D eigenvalue weighted by Gasteiger charge is -2.15. The fourth-order valence-electron chi connectivity index (χ4n) is 3.37. The molecule has 0 aliphatic carbocycles. The zero-order valence-electron chi connectivity index (χ0n) is 16.1. The molecule has 6 heteroatoms. The van der Waals surface area contributed by atoms with Gasteiger partial charge in [0.05, 0.1) is 12.2 Å². The Morgan fingerprint density at radius 2 is 1.79 bits per heavy atom. The molecule has 0 bridgehead atoms. The summed E-state index contributed by atoms with van der Waals surface area (Å²) in [7, 11) is 0. The van der Waals surface area contributed by atoms with E-state index in [1.54, 1.807) is 12.3 Å². The van der Waals surface area contributed by atoms with Crippen molar-refractivity contribution in [3.05, 3.63) is 71.4 Å². The number of hydrogen-bond donors (Lipinski definition) is 1. The summed E-state index contributed by atoms with van der Waals surface area (Å²) >= 11 is 0. The molecule has 1 aliphatic heterocycles. The Kier molecular flexibility index (Phi) is 4.77. The average Bonchev–Trinajstić information content (AvgIpc) is 3.11. The predicted octanol–water partition coefficient (Wildman–Crippen LogP) is 3.48. The van der Waals surface area contributed by atoms with Crippen LogP contribution in [0.1, 0.15) is 41.3 Å². The van der Waals surface area contributed by atoms with Gasteiger partial charge in [-0.3, -0.25) is 4.79 Å². The van der Waals surface area contributed by atoms with Crippen molar-refractivity contribution >= 4 is 11.7 Å². The highest BCUT2D eigenvalue weighted by Gasteiger charge is 2.26. The third kappa shape index (κ3) is 3.71. The van der Waals surface area contributed by atoms with Crippen LogP contribution in [0.25, 0.3) is 11.1 Å². The second-order valence-corrected chi connectivity index (χ2v) is 7.57. The second kappa shape index (κ2) is 7.38. The Labute approximate surface area is 164 Å². The summed E-state index contributed by atoms with van der Waals surface area (Å²) in [5.41, 5.74) is 10.3. The predicted molar refractivity (Wildman–Crippen MR) is 108 cm³/mol. The van der Waals surface area contributed by atoms with E-state index < -0.39 is 0 Å². The van der Waals surface area contributed by atoms with Crippen LogP contribution < -0.4 is 5.73 Å². The summed E-state index contributed by atoms with van der Waals surface area (Å²) < 4.78 is 0. The van der Waals surface area contributed by atoms with Gasteiger partial charge in [0.25, 0.3) is 5.91 Å². The van der Waals surface area contributed by atoms with E-state index in [0.717, 1.165) is 34.6 Å². The van der Waals surface area contributed by atoms with Gasteiger partial charge in [0.2, 0.25) is 0 Å². The molecule has 1 aromatic carbocycles. The number of anilines is 1. The van der Waals surface area contributed by atoms with Gasteiger partial charge in [0.1, 0.15) is 11.6 Å². The van der Waals surface area contributed by atoms with Crippen molar-refractivity contribution in [2.45, 2.75) is 33.4 Å². The third-order valence-corrected chi connectivity index (χ3v) is 4.84. The van der Waals surface area contributed by atoms with Gasteiger partial charge in [-0.05, 0) is 35.7 Å². The molecule has 4 rings (SSSR count). The molecule has 1 amide bonds. The summed E-state index contributed by atoms with van der Waals surface area (Å²) in [6, 6.07) is 11.3. The number of pyridine rings is 1. The van der Waals surface area contributed by atoms with Crippen LogP contribution in [0.3, 0.4) is 0 Å². The number of nitrogens with zero attached hydrogens (tertiary/aromatic N) is 4. The lowest BCUT2D eigenvalue weighted by Crippen LogP contribution is -2.25. The Morgan fingerprint density at radius 1 is 1.04 bits per heavy atom. The standard InChI is InChI=1S/C22H23N5O/c1-14(2)9-21-25-11-18-12-27(13-19(18)26-21)22(28)16-5-3-15(4-6-16)17-7-8-20(23)24-10-17/h3-8,10-11,14H,9,12-13H2,1-2H3,(H2,23,24). The van der Waals surface area contributed by atoms with E-state index in [9.17, 15) is 4.79 Å². The summed E-state index contributed by atoms with van der Waals surface area (Å²) in [5, 5.41) is 0. The number of carbonyl (C=O) groups excluding carboxylic acids is 1. The monoisotopic (exact) mass is 373 g/mol. The van der Waals surface area contributed by atoms with Crippen molar-refractivity contribution in [3.8, 4) is 11.1 Å². The third-order valence-electron chi connectivity index (χ3n) is 4.84. The minimum Gasteiger partial charge on any atom is -0.384 e. The van der Waals surface area contributed by atoms with Gasteiger partial charge < -0.3 is 10.6 Å². The number of aromatic nitrogens is 3. The van der Waals surface area contributed by atoms with E-state index in [1.807, 2.05) is 41.4 Å². The van der Waals surface area contributed by atoms with Crippen molar-refractivity contribution in [1.29, 1.82) is 0 Å². The zero-order chi connectivity index (χ0) is 19.7. The van der Waals surface area contributed by atoms with Crippen LogP contribution in [0, 0.1) is 5.92 Å². The molecule has 2 aromatic heterocycles. The molecule has 0 fully saturated rings. The first-order valence-corrected chi connectivity index (χ1v) is 9.44. The average molecular weight is 373 g/mol. The Bertz CT molecular complexity index is 996. The number of rotatable bonds is 4. The smallest absolute Gasteiger partial charge is 0.254 e. The maximum atomic E-state index is 12.9. The highest BCUT2D eigenvalue weighted by molar-refractivity contribution is 5.95. The van der Waals surface area contributed by atoms with E-state index in [4.69, 9.17) is 5.73 Å². The molecule has 142 valence electrons. The number of carbonyl (C=O) groups is 1. The molecule has 3 aromatic rings. The van der Waals surface area contributed by atoms with Gasteiger partial charge in [-0.25, -0.2) is 15.0 Å². The molecule has 28 heavy (non-hydrogen) atoms. The van der Waals surface area contributed by atoms with Crippen LogP contribution in [0.5, 0.6) is 0 Å². The second-order valence-electron chi connectivity index (χ2n) is 7.57. The summed E-state index contributed by atoms with van der Waals surface area (Å²) in [5.74, 6) is 1.85. The number of fused-ring (bicyclic) bond motifs is 1. The normalized spacial score (nSPS) is 13.0. The molecule has 0 radical (unpaired) electrons. The fourth-order valence-corrected chi connectivity index (χ4v) is 3.37. The van der Waals surface area contributed by atoms with Crippen molar-refractivity contribution in [2.75, 3.05) is 5.73 Å². The molecule has 3 heterocycles. The minimum absolute atomic E-state index is 0.00499. The van der Waals surface area contributed by atoms with Crippen LogP contribution in [0.4, 0.5) is 5.82 Å². The van der Waals surface area contributed by atoms with Crippen molar-refractivity contribution in [3.63, 3.8) is 0 Å². The summed E-state index contributed by atoms with van der Waals surface area (Å²) in [6.45, 7) is 5.39. The van der Waals surface area contributed by atoms with Gasteiger partial charge in [-0.1, -0.05) is 26.0 Å². The van der Waals surface area contributed by atoms with Crippen LogP contribution >= 0.6 is 0 Å². The van der Waals surface area contributed by atoms with Crippen LogP contribution in [-0.4, -0.2) is 25.8 Å². The topological polar surface area (TPSA) is 85.0 Å². The molecule has 2 N–H and O–H groups in total. The van der Waals surface area contributed by atoms with Crippen LogP contribution in [0.15, 0.2) is 48.8 Å². The molecule has 6 nitrogen and oxygen atoms in total. The lowest BCUT2D eigenvalue weighted by atomic mass is 10.1. The maximum Gasteiger partial charge on any atom is 0.254 e. The molecule has 0 unspecified atom stereocenters. The van der Waals surface area contributed by atoms with Gasteiger partial charge in [-0.15, -0.1) is 0 Å². The largest absolute Gasteiger partial charge is 0.384 e. The van der Waals surface area contributed by atoms with E-state index in [2.05, 4.69) is 28.8 Å².